The molecule has 3 heterocycles. The predicted octanol–water partition coefficient (Wildman–Crippen LogP) is 6.44. The van der Waals surface area contributed by atoms with Crippen molar-refractivity contribution >= 4 is 44.1 Å². The van der Waals surface area contributed by atoms with Gasteiger partial charge < -0.3 is 24.1 Å². The third-order valence-electron chi connectivity index (χ3n) is 7.45. The Bertz CT molecular complexity index is 1760. The molecule has 0 saturated carbocycles. The average molecular weight is 601 g/mol. The fourth-order valence-corrected chi connectivity index (χ4v) is 6.51. The van der Waals surface area contributed by atoms with E-state index in [1.165, 1.54) is 16.2 Å². The van der Waals surface area contributed by atoms with E-state index in [2.05, 4.69) is 0 Å². The summed E-state index contributed by atoms with van der Waals surface area (Å²) in [4.78, 5) is 33.6. The average Bonchev–Trinajstić information content (AvgIpc) is 3.67. The van der Waals surface area contributed by atoms with Gasteiger partial charge in [0.2, 0.25) is 0 Å². The molecule has 1 aromatic heterocycles. The van der Waals surface area contributed by atoms with Crippen molar-refractivity contribution in [2.45, 2.75) is 45.8 Å². The number of Topliss-reactive ketones (excluding diaryl/α,β-unsaturated/α-hetero) is 1. The zero-order valence-electron chi connectivity index (χ0n) is 24.4. The van der Waals surface area contributed by atoms with Gasteiger partial charge in [-0.3, -0.25) is 14.5 Å². The lowest BCUT2D eigenvalue weighted by Crippen LogP contribution is -2.29. The Morgan fingerprint density at radius 1 is 1.07 bits per heavy atom. The second-order valence-corrected chi connectivity index (χ2v) is 11.5. The molecule has 0 aliphatic carbocycles. The standard InChI is InChI=1S/C33H32N2O7S/c1-5-13-41-25-12-7-19(16-26(25)40-6-2)29-28(30(36)20-8-11-24-21(15-20)14-18(3)42-24)31(37)32(38)35(29)33-34-23-10-9-22(39-4)17-27(23)43-33/h7-12,15-18,29,36H,5-6,13-14H2,1-4H3/b30-28+/t18-,29-/m1/s1. The van der Waals surface area contributed by atoms with E-state index in [4.69, 9.17) is 23.9 Å². The van der Waals surface area contributed by atoms with Crippen LogP contribution in [0.4, 0.5) is 5.13 Å². The van der Waals surface area contributed by atoms with Gasteiger partial charge in [0.15, 0.2) is 16.6 Å². The maximum absolute atomic E-state index is 13.8. The molecular weight excluding hydrogens is 568 g/mol. The Morgan fingerprint density at radius 3 is 2.67 bits per heavy atom. The fourth-order valence-electron chi connectivity index (χ4n) is 5.49. The number of aliphatic hydroxyl groups excluding tert-OH is 1. The minimum atomic E-state index is -0.967. The van der Waals surface area contributed by atoms with Crippen LogP contribution in [0, 0.1) is 0 Å². The molecule has 10 heteroatoms. The van der Waals surface area contributed by atoms with Gasteiger partial charge in [-0.2, -0.15) is 0 Å². The van der Waals surface area contributed by atoms with Crippen molar-refractivity contribution in [3.05, 3.63) is 76.9 Å². The number of ether oxygens (including phenoxy) is 4. The van der Waals surface area contributed by atoms with Gasteiger partial charge in [-0.25, -0.2) is 4.98 Å². The summed E-state index contributed by atoms with van der Waals surface area (Å²) in [7, 11) is 1.58. The smallest absolute Gasteiger partial charge is 0.301 e. The van der Waals surface area contributed by atoms with Crippen molar-refractivity contribution in [2.75, 3.05) is 25.2 Å². The maximum atomic E-state index is 13.8. The molecule has 9 nitrogen and oxygen atoms in total. The third kappa shape index (κ3) is 5.16. The molecule has 222 valence electrons. The summed E-state index contributed by atoms with van der Waals surface area (Å²) in [5.74, 6) is 0.602. The number of methoxy groups -OCH3 is 1. The first-order chi connectivity index (χ1) is 20.8. The SMILES string of the molecule is CCCOc1ccc([C@@H]2/C(=C(\O)c3ccc4c(c3)C[C@@H](C)O4)C(=O)C(=O)N2c2nc3ccc(OC)cc3s2)cc1OCC. The Balaban J connectivity index is 1.53. The molecule has 4 aromatic rings. The highest BCUT2D eigenvalue weighted by Gasteiger charge is 2.48. The summed E-state index contributed by atoms with van der Waals surface area (Å²) in [6.07, 6.45) is 1.52. The number of amides is 1. The molecule has 6 rings (SSSR count). The number of carbonyl (C=O) groups is 2. The highest BCUT2D eigenvalue weighted by atomic mass is 32.1. The number of hydrogen-bond donors (Lipinski definition) is 1. The van der Waals surface area contributed by atoms with E-state index in [-0.39, 0.29) is 17.4 Å². The molecule has 1 saturated heterocycles. The van der Waals surface area contributed by atoms with Crippen LogP contribution in [0.15, 0.2) is 60.2 Å². The molecule has 1 fully saturated rings. The molecule has 2 atom stereocenters. The van der Waals surface area contributed by atoms with Crippen LogP contribution >= 0.6 is 11.3 Å². The molecule has 2 aliphatic heterocycles. The highest BCUT2D eigenvalue weighted by molar-refractivity contribution is 7.22. The molecule has 43 heavy (non-hydrogen) atoms. The van der Waals surface area contributed by atoms with E-state index in [1.807, 2.05) is 32.9 Å². The summed E-state index contributed by atoms with van der Waals surface area (Å²) < 4.78 is 23.8. The fraction of sp³-hybridized carbons (Fsp3) is 0.303. The number of benzene rings is 3. The van der Waals surface area contributed by atoms with Gasteiger partial charge >= 0.3 is 5.91 Å². The van der Waals surface area contributed by atoms with Crippen molar-refractivity contribution in [1.82, 2.24) is 4.98 Å². The van der Waals surface area contributed by atoms with Crippen LogP contribution in [0.2, 0.25) is 0 Å². The van der Waals surface area contributed by atoms with Crippen LogP contribution in [-0.2, 0) is 16.0 Å². The van der Waals surface area contributed by atoms with E-state index in [1.54, 1.807) is 49.6 Å². The van der Waals surface area contributed by atoms with Gasteiger partial charge in [-0.1, -0.05) is 24.3 Å². The number of ketones is 1. The molecule has 0 unspecified atom stereocenters. The maximum Gasteiger partial charge on any atom is 0.301 e. The van der Waals surface area contributed by atoms with Crippen molar-refractivity contribution in [3.8, 4) is 23.0 Å². The van der Waals surface area contributed by atoms with E-state index >= 15 is 0 Å². The van der Waals surface area contributed by atoms with Crippen LogP contribution in [0.25, 0.3) is 16.0 Å². The van der Waals surface area contributed by atoms with Gasteiger partial charge in [0.1, 0.15) is 23.4 Å². The molecule has 1 N–H and O–H groups in total. The first kappa shape index (κ1) is 28.5. The Morgan fingerprint density at radius 2 is 1.91 bits per heavy atom. The van der Waals surface area contributed by atoms with Crippen molar-refractivity contribution in [2.24, 2.45) is 0 Å². The first-order valence-corrected chi connectivity index (χ1v) is 15.1. The van der Waals surface area contributed by atoms with Gasteiger partial charge in [0.05, 0.1) is 42.2 Å². The normalized spacial score (nSPS) is 19.0. The lowest BCUT2D eigenvalue weighted by Gasteiger charge is -2.24. The van der Waals surface area contributed by atoms with Crippen LogP contribution in [0.5, 0.6) is 23.0 Å². The second kappa shape index (κ2) is 11.6. The van der Waals surface area contributed by atoms with Crippen LogP contribution in [-0.4, -0.2) is 48.2 Å². The number of aliphatic hydroxyl groups is 1. The van der Waals surface area contributed by atoms with Crippen LogP contribution < -0.4 is 23.8 Å². The number of thiazole rings is 1. The molecule has 1 amide bonds. The van der Waals surface area contributed by atoms with E-state index in [0.717, 1.165) is 22.4 Å². The monoisotopic (exact) mass is 600 g/mol. The summed E-state index contributed by atoms with van der Waals surface area (Å²) in [6.45, 7) is 6.76. The number of anilines is 1. The highest BCUT2D eigenvalue weighted by Crippen LogP contribution is 2.46. The second-order valence-electron chi connectivity index (χ2n) is 10.4. The number of carbonyl (C=O) groups excluding carboxylic acids is 2. The molecule has 2 aliphatic rings. The number of hydrogen-bond acceptors (Lipinski definition) is 9. The van der Waals surface area contributed by atoms with E-state index in [9.17, 15) is 14.7 Å². The number of aromatic nitrogens is 1. The molecular formula is C33H32N2O7S. The van der Waals surface area contributed by atoms with Crippen molar-refractivity contribution < 1.29 is 33.6 Å². The third-order valence-corrected chi connectivity index (χ3v) is 8.47. The number of nitrogens with zero attached hydrogens (tertiary/aromatic N) is 2. The van der Waals surface area contributed by atoms with Gasteiger partial charge in [-0.15, -0.1) is 0 Å². The van der Waals surface area contributed by atoms with Gasteiger partial charge in [-0.05, 0) is 79.9 Å². The summed E-state index contributed by atoms with van der Waals surface area (Å²) in [6, 6.07) is 15.1. The largest absolute Gasteiger partial charge is 0.507 e. The lowest BCUT2D eigenvalue weighted by molar-refractivity contribution is -0.132. The predicted molar refractivity (Wildman–Crippen MR) is 165 cm³/mol. The van der Waals surface area contributed by atoms with Gasteiger partial charge in [0, 0.05) is 12.0 Å². The molecule has 0 bridgehead atoms. The quantitative estimate of drug-likeness (QED) is 0.133. The van der Waals surface area contributed by atoms with Crippen LogP contribution in [0.1, 0.15) is 49.9 Å². The Hall–Kier alpha value is -4.57. The van der Waals surface area contributed by atoms with Crippen LogP contribution in [0.3, 0.4) is 0 Å². The van der Waals surface area contributed by atoms with Gasteiger partial charge in [0.25, 0.3) is 5.78 Å². The zero-order valence-corrected chi connectivity index (χ0v) is 25.2. The molecule has 0 spiro atoms. The van der Waals surface area contributed by atoms with E-state index in [0.29, 0.717) is 58.7 Å². The summed E-state index contributed by atoms with van der Waals surface area (Å²) in [5, 5.41) is 12.0. The molecule has 3 aromatic carbocycles. The van der Waals surface area contributed by atoms with Crippen molar-refractivity contribution in [1.29, 1.82) is 0 Å². The minimum Gasteiger partial charge on any atom is -0.507 e. The summed E-state index contributed by atoms with van der Waals surface area (Å²) in [5.41, 5.74) is 2.56. The topological polar surface area (TPSA) is 107 Å². The Kier molecular flexibility index (Phi) is 7.70. The van der Waals surface area contributed by atoms with E-state index < -0.39 is 17.7 Å². The zero-order chi connectivity index (χ0) is 30.2. The number of fused-ring (bicyclic) bond motifs is 2. The van der Waals surface area contributed by atoms with Crippen molar-refractivity contribution in [3.63, 3.8) is 0 Å². The molecule has 0 radical (unpaired) electrons. The number of rotatable bonds is 9. The first-order valence-electron chi connectivity index (χ1n) is 14.3. The lowest BCUT2D eigenvalue weighted by atomic mass is 9.94. The Labute approximate surface area is 253 Å². The summed E-state index contributed by atoms with van der Waals surface area (Å²) >= 11 is 1.27. The minimum absolute atomic E-state index is 0.0149.